The van der Waals surface area contributed by atoms with Gasteiger partial charge in [-0.2, -0.15) is 0 Å². The van der Waals surface area contributed by atoms with Gasteiger partial charge in [0.1, 0.15) is 5.82 Å². The summed E-state index contributed by atoms with van der Waals surface area (Å²) in [4.78, 5) is 18.1. The molecule has 0 saturated carbocycles. The summed E-state index contributed by atoms with van der Waals surface area (Å²) >= 11 is 0. The molecule has 0 aliphatic carbocycles. The predicted octanol–water partition coefficient (Wildman–Crippen LogP) is 2.15. The van der Waals surface area contributed by atoms with Crippen LogP contribution in [0.25, 0.3) is 0 Å². The molecule has 0 aromatic carbocycles. The molecular formula is C12H16N2O. The van der Waals surface area contributed by atoms with Crippen molar-refractivity contribution in [2.24, 2.45) is 5.41 Å². The minimum Gasteiger partial charge on any atom is -0.296 e. The second kappa shape index (κ2) is 3.33. The van der Waals surface area contributed by atoms with Crippen molar-refractivity contribution in [3.63, 3.8) is 0 Å². The summed E-state index contributed by atoms with van der Waals surface area (Å²) in [5.41, 5.74) is 0.886. The molecule has 0 bridgehead atoms. The van der Waals surface area contributed by atoms with Crippen LogP contribution in [0.5, 0.6) is 0 Å². The van der Waals surface area contributed by atoms with Crippen molar-refractivity contribution < 1.29 is 4.79 Å². The zero-order valence-corrected chi connectivity index (χ0v) is 9.45. The Morgan fingerprint density at radius 1 is 1.40 bits per heavy atom. The molecule has 0 spiro atoms. The van der Waals surface area contributed by atoms with Gasteiger partial charge < -0.3 is 0 Å². The van der Waals surface area contributed by atoms with Crippen molar-refractivity contribution in [2.75, 3.05) is 11.4 Å². The van der Waals surface area contributed by atoms with Gasteiger partial charge >= 0.3 is 0 Å². The highest BCUT2D eigenvalue weighted by Crippen LogP contribution is 2.32. The van der Waals surface area contributed by atoms with E-state index in [4.69, 9.17) is 0 Å². The van der Waals surface area contributed by atoms with Crippen molar-refractivity contribution in [2.45, 2.75) is 27.2 Å². The summed E-state index contributed by atoms with van der Waals surface area (Å²) in [6.07, 6.45) is 2.70. The van der Waals surface area contributed by atoms with Crippen LogP contribution < -0.4 is 4.90 Å². The van der Waals surface area contributed by atoms with E-state index in [-0.39, 0.29) is 11.3 Å². The molecule has 3 heteroatoms. The van der Waals surface area contributed by atoms with Crippen LogP contribution in [0.15, 0.2) is 18.3 Å². The molecule has 1 aromatic rings. The van der Waals surface area contributed by atoms with E-state index < -0.39 is 0 Å². The fraction of sp³-hybridized carbons (Fsp3) is 0.500. The first kappa shape index (κ1) is 10.1. The lowest BCUT2D eigenvalue weighted by Crippen LogP contribution is -2.31. The molecular weight excluding hydrogens is 188 g/mol. The van der Waals surface area contributed by atoms with Crippen LogP contribution >= 0.6 is 0 Å². The molecule has 1 fully saturated rings. The Hall–Kier alpha value is -1.38. The minimum absolute atomic E-state index is 0.179. The normalized spacial score (nSPS) is 19.7. The quantitative estimate of drug-likeness (QED) is 0.702. The zero-order chi connectivity index (χ0) is 11.1. The van der Waals surface area contributed by atoms with Crippen molar-refractivity contribution in [3.05, 3.63) is 23.9 Å². The van der Waals surface area contributed by atoms with Gasteiger partial charge in [-0.25, -0.2) is 4.98 Å². The topological polar surface area (TPSA) is 33.2 Å². The lowest BCUT2D eigenvalue weighted by atomic mass is 9.92. The highest BCUT2D eigenvalue weighted by Gasteiger charge is 2.39. The molecule has 0 radical (unpaired) electrons. The first-order chi connectivity index (χ1) is 7.00. The number of hydrogen-bond donors (Lipinski definition) is 0. The Labute approximate surface area is 90.1 Å². The predicted molar refractivity (Wildman–Crippen MR) is 59.7 cm³/mol. The van der Waals surface area contributed by atoms with E-state index >= 15 is 0 Å². The molecule has 0 atom stereocenters. The number of anilines is 1. The van der Waals surface area contributed by atoms with Gasteiger partial charge in [0.05, 0.1) is 0 Å². The van der Waals surface area contributed by atoms with Crippen LogP contribution in [0.4, 0.5) is 5.82 Å². The molecule has 80 valence electrons. The summed E-state index contributed by atoms with van der Waals surface area (Å²) in [5.74, 6) is 0.954. The maximum absolute atomic E-state index is 12.0. The summed E-state index contributed by atoms with van der Waals surface area (Å²) in [7, 11) is 0. The van der Waals surface area contributed by atoms with Crippen LogP contribution in [0, 0.1) is 12.3 Å². The van der Waals surface area contributed by atoms with Gasteiger partial charge in [-0.15, -0.1) is 0 Å². The lowest BCUT2D eigenvalue weighted by molar-refractivity contribution is -0.124. The van der Waals surface area contributed by atoms with E-state index in [1.54, 1.807) is 11.1 Å². The SMILES string of the molecule is Cc1ccc(N2CCC(C)(C)C2=O)nc1. The van der Waals surface area contributed by atoms with E-state index in [1.165, 1.54) is 0 Å². The Kier molecular flexibility index (Phi) is 2.25. The number of carbonyl (C=O) groups is 1. The van der Waals surface area contributed by atoms with E-state index in [1.807, 2.05) is 32.9 Å². The summed E-state index contributed by atoms with van der Waals surface area (Å²) in [6.45, 7) is 6.75. The smallest absolute Gasteiger partial charge is 0.233 e. The number of hydrogen-bond acceptors (Lipinski definition) is 2. The Morgan fingerprint density at radius 3 is 2.60 bits per heavy atom. The second-order valence-electron chi connectivity index (χ2n) is 4.78. The van der Waals surface area contributed by atoms with Gasteiger partial charge in [-0.05, 0) is 25.0 Å². The van der Waals surface area contributed by atoms with Gasteiger partial charge in [-0.1, -0.05) is 19.9 Å². The van der Waals surface area contributed by atoms with Gasteiger partial charge in [0.15, 0.2) is 0 Å². The lowest BCUT2D eigenvalue weighted by Gasteiger charge is -2.18. The third-order valence-electron chi connectivity index (χ3n) is 2.96. The molecule has 0 N–H and O–H groups in total. The molecule has 1 aliphatic heterocycles. The molecule has 2 heterocycles. The van der Waals surface area contributed by atoms with Gasteiger partial charge in [-0.3, -0.25) is 9.69 Å². The van der Waals surface area contributed by atoms with Crippen LogP contribution in [-0.4, -0.2) is 17.4 Å². The molecule has 2 rings (SSSR count). The maximum atomic E-state index is 12.0. The van der Waals surface area contributed by atoms with Crippen molar-refractivity contribution in [1.29, 1.82) is 0 Å². The average molecular weight is 204 g/mol. The summed E-state index contributed by atoms with van der Waals surface area (Å²) in [5, 5.41) is 0. The largest absolute Gasteiger partial charge is 0.296 e. The third kappa shape index (κ3) is 1.74. The van der Waals surface area contributed by atoms with E-state index in [2.05, 4.69) is 4.98 Å². The summed E-state index contributed by atoms with van der Waals surface area (Å²) < 4.78 is 0. The number of carbonyl (C=O) groups excluding carboxylic acids is 1. The van der Waals surface area contributed by atoms with Crippen LogP contribution in [0.1, 0.15) is 25.8 Å². The van der Waals surface area contributed by atoms with Gasteiger partial charge in [0.25, 0.3) is 0 Å². The maximum Gasteiger partial charge on any atom is 0.233 e. The Bertz CT molecular complexity index is 381. The highest BCUT2D eigenvalue weighted by molar-refractivity contribution is 5.98. The van der Waals surface area contributed by atoms with Gasteiger partial charge in [0, 0.05) is 18.2 Å². The number of rotatable bonds is 1. The highest BCUT2D eigenvalue weighted by atomic mass is 16.2. The zero-order valence-electron chi connectivity index (χ0n) is 9.45. The van der Waals surface area contributed by atoms with E-state index in [0.717, 1.165) is 24.3 Å². The van der Waals surface area contributed by atoms with Crippen LogP contribution in [0.3, 0.4) is 0 Å². The monoisotopic (exact) mass is 204 g/mol. The summed E-state index contributed by atoms with van der Waals surface area (Å²) in [6, 6.07) is 3.90. The fourth-order valence-corrected chi connectivity index (χ4v) is 1.80. The van der Waals surface area contributed by atoms with E-state index in [9.17, 15) is 4.79 Å². The minimum atomic E-state index is -0.230. The van der Waals surface area contributed by atoms with E-state index in [0.29, 0.717) is 0 Å². The number of aryl methyl sites for hydroxylation is 1. The third-order valence-corrected chi connectivity index (χ3v) is 2.96. The molecule has 1 saturated heterocycles. The fourth-order valence-electron chi connectivity index (χ4n) is 1.80. The molecule has 1 aromatic heterocycles. The molecule has 3 nitrogen and oxygen atoms in total. The van der Waals surface area contributed by atoms with Crippen molar-refractivity contribution >= 4 is 11.7 Å². The van der Waals surface area contributed by atoms with Gasteiger partial charge in [0.2, 0.25) is 5.91 Å². The number of amides is 1. The van der Waals surface area contributed by atoms with Crippen LogP contribution in [0.2, 0.25) is 0 Å². The Balaban J connectivity index is 2.27. The first-order valence-corrected chi connectivity index (χ1v) is 5.25. The number of nitrogens with zero attached hydrogens (tertiary/aromatic N) is 2. The van der Waals surface area contributed by atoms with Crippen LogP contribution in [-0.2, 0) is 4.79 Å². The molecule has 0 unspecified atom stereocenters. The molecule has 15 heavy (non-hydrogen) atoms. The second-order valence-corrected chi connectivity index (χ2v) is 4.78. The standard InChI is InChI=1S/C12H16N2O/c1-9-4-5-10(13-8-9)14-7-6-12(2,3)11(14)15/h4-5,8H,6-7H2,1-3H3. The molecule has 1 amide bonds. The average Bonchev–Trinajstić information content (AvgIpc) is 2.45. The number of pyridine rings is 1. The first-order valence-electron chi connectivity index (χ1n) is 5.25. The van der Waals surface area contributed by atoms with Crippen molar-refractivity contribution in [1.82, 2.24) is 4.98 Å². The van der Waals surface area contributed by atoms with Crippen molar-refractivity contribution in [3.8, 4) is 0 Å². The number of aromatic nitrogens is 1. The Morgan fingerprint density at radius 2 is 2.13 bits per heavy atom. The molecule has 1 aliphatic rings.